The van der Waals surface area contributed by atoms with E-state index in [1.807, 2.05) is 30.3 Å². The zero-order valence-electron chi connectivity index (χ0n) is 12.6. The van der Waals surface area contributed by atoms with Gasteiger partial charge in [-0.2, -0.15) is 0 Å². The number of aromatic nitrogens is 2. The number of morpholine rings is 1. The normalized spacial score (nSPS) is 18.5. The zero-order chi connectivity index (χ0) is 15.8. The number of amides is 1. The second kappa shape index (κ2) is 5.75. The number of carbonyl (C=O) groups is 1. The van der Waals surface area contributed by atoms with Crippen molar-refractivity contribution in [2.24, 2.45) is 0 Å². The molecule has 0 N–H and O–H groups in total. The van der Waals surface area contributed by atoms with Gasteiger partial charge in [0.25, 0.3) is 5.91 Å². The summed E-state index contributed by atoms with van der Waals surface area (Å²) in [7, 11) is 0. The summed E-state index contributed by atoms with van der Waals surface area (Å²) in [6.45, 7) is 3.19. The lowest BCUT2D eigenvalue weighted by Crippen LogP contribution is -2.42. The molecule has 3 heterocycles. The SMILES string of the molecule is Cc1nnc(C2CN(C(=O)c3cc4ccccc4s3)CCO2)o1. The van der Waals surface area contributed by atoms with Crippen LogP contribution in [0.15, 0.2) is 34.7 Å². The molecule has 1 aliphatic rings. The Balaban J connectivity index is 1.55. The van der Waals surface area contributed by atoms with E-state index in [1.165, 1.54) is 11.3 Å². The number of aryl methyl sites for hydroxylation is 1. The van der Waals surface area contributed by atoms with Gasteiger partial charge >= 0.3 is 0 Å². The Morgan fingerprint density at radius 2 is 2.22 bits per heavy atom. The molecule has 1 aliphatic heterocycles. The summed E-state index contributed by atoms with van der Waals surface area (Å²) >= 11 is 1.52. The molecule has 0 aliphatic carbocycles. The number of hydrogen-bond donors (Lipinski definition) is 0. The van der Waals surface area contributed by atoms with Crippen LogP contribution in [0.4, 0.5) is 0 Å². The van der Waals surface area contributed by atoms with Gasteiger partial charge in [-0.3, -0.25) is 4.79 Å². The van der Waals surface area contributed by atoms with Gasteiger partial charge in [-0.1, -0.05) is 18.2 Å². The molecule has 4 rings (SSSR count). The van der Waals surface area contributed by atoms with E-state index in [4.69, 9.17) is 9.15 Å². The maximum Gasteiger partial charge on any atom is 0.264 e. The van der Waals surface area contributed by atoms with Crippen LogP contribution in [0.25, 0.3) is 10.1 Å². The maximum absolute atomic E-state index is 12.8. The molecule has 23 heavy (non-hydrogen) atoms. The maximum atomic E-state index is 12.8. The Kier molecular flexibility index (Phi) is 3.59. The molecule has 0 bridgehead atoms. The number of hydrogen-bond acceptors (Lipinski definition) is 6. The van der Waals surface area contributed by atoms with Gasteiger partial charge in [-0.15, -0.1) is 21.5 Å². The van der Waals surface area contributed by atoms with Gasteiger partial charge in [-0.25, -0.2) is 0 Å². The molecule has 1 amide bonds. The lowest BCUT2D eigenvalue weighted by atomic mass is 10.2. The first-order valence-corrected chi connectivity index (χ1v) is 8.22. The largest absolute Gasteiger partial charge is 0.423 e. The van der Waals surface area contributed by atoms with Gasteiger partial charge in [0.1, 0.15) is 0 Å². The molecule has 3 aromatic rings. The number of carbonyl (C=O) groups excluding carboxylic acids is 1. The second-order valence-corrected chi connectivity index (χ2v) is 6.50. The van der Waals surface area contributed by atoms with Crippen LogP contribution in [0, 0.1) is 6.92 Å². The molecule has 1 fully saturated rings. The molecule has 1 unspecified atom stereocenters. The van der Waals surface area contributed by atoms with Crippen LogP contribution < -0.4 is 0 Å². The smallest absolute Gasteiger partial charge is 0.264 e. The minimum atomic E-state index is -0.358. The second-order valence-electron chi connectivity index (χ2n) is 5.42. The predicted octanol–water partition coefficient (Wildman–Crippen LogP) is 2.81. The van der Waals surface area contributed by atoms with Crippen LogP contribution in [-0.2, 0) is 4.74 Å². The number of fused-ring (bicyclic) bond motifs is 1. The molecule has 2 aromatic heterocycles. The van der Waals surface area contributed by atoms with E-state index in [9.17, 15) is 4.79 Å². The fraction of sp³-hybridized carbons (Fsp3) is 0.312. The van der Waals surface area contributed by atoms with Crippen LogP contribution in [0.3, 0.4) is 0 Å². The third-order valence-electron chi connectivity index (χ3n) is 3.81. The van der Waals surface area contributed by atoms with Crippen molar-refractivity contribution in [3.63, 3.8) is 0 Å². The van der Waals surface area contributed by atoms with E-state index < -0.39 is 0 Å². The molecule has 0 saturated carbocycles. The van der Waals surface area contributed by atoms with E-state index in [0.717, 1.165) is 15.0 Å². The summed E-state index contributed by atoms with van der Waals surface area (Å²) in [5.74, 6) is 0.948. The first kappa shape index (κ1) is 14.3. The molecular formula is C16H15N3O3S. The fourth-order valence-electron chi connectivity index (χ4n) is 2.67. The minimum Gasteiger partial charge on any atom is -0.423 e. The van der Waals surface area contributed by atoms with Crippen LogP contribution >= 0.6 is 11.3 Å². The summed E-state index contributed by atoms with van der Waals surface area (Å²) in [4.78, 5) is 15.3. The minimum absolute atomic E-state index is 0.0238. The molecule has 6 nitrogen and oxygen atoms in total. The first-order chi connectivity index (χ1) is 11.2. The van der Waals surface area contributed by atoms with Crippen molar-refractivity contribution in [1.82, 2.24) is 15.1 Å². The Hall–Kier alpha value is -2.25. The zero-order valence-corrected chi connectivity index (χ0v) is 13.4. The first-order valence-electron chi connectivity index (χ1n) is 7.40. The highest BCUT2D eigenvalue weighted by molar-refractivity contribution is 7.20. The van der Waals surface area contributed by atoms with Crippen LogP contribution in [-0.4, -0.2) is 40.7 Å². The van der Waals surface area contributed by atoms with Crippen molar-refractivity contribution >= 4 is 27.3 Å². The van der Waals surface area contributed by atoms with Gasteiger partial charge in [0.2, 0.25) is 11.8 Å². The van der Waals surface area contributed by atoms with Crippen molar-refractivity contribution in [1.29, 1.82) is 0 Å². The third-order valence-corrected chi connectivity index (χ3v) is 4.91. The van der Waals surface area contributed by atoms with Gasteiger partial charge in [0.15, 0.2) is 6.10 Å². The Morgan fingerprint density at radius 1 is 1.35 bits per heavy atom. The lowest BCUT2D eigenvalue weighted by molar-refractivity contribution is -0.0347. The number of benzene rings is 1. The Morgan fingerprint density at radius 3 is 3.00 bits per heavy atom. The number of rotatable bonds is 2. The fourth-order valence-corrected chi connectivity index (χ4v) is 3.70. The summed E-state index contributed by atoms with van der Waals surface area (Å²) in [5, 5.41) is 8.91. The van der Waals surface area contributed by atoms with Crippen molar-refractivity contribution in [3.8, 4) is 0 Å². The summed E-state index contributed by atoms with van der Waals surface area (Å²) in [6, 6.07) is 9.96. The van der Waals surface area contributed by atoms with Gasteiger partial charge in [0.05, 0.1) is 18.0 Å². The molecular weight excluding hydrogens is 314 g/mol. The van der Waals surface area contributed by atoms with Gasteiger partial charge in [0, 0.05) is 18.2 Å². The molecule has 118 valence electrons. The summed E-state index contributed by atoms with van der Waals surface area (Å²) in [6.07, 6.45) is -0.358. The molecule has 0 spiro atoms. The molecule has 1 atom stereocenters. The van der Waals surface area contributed by atoms with Gasteiger partial charge < -0.3 is 14.1 Å². The van der Waals surface area contributed by atoms with Crippen molar-refractivity contribution < 1.29 is 13.9 Å². The monoisotopic (exact) mass is 329 g/mol. The average molecular weight is 329 g/mol. The molecule has 7 heteroatoms. The lowest BCUT2D eigenvalue weighted by Gasteiger charge is -2.30. The van der Waals surface area contributed by atoms with E-state index in [0.29, 0.717) is 31.5 Å². The Labute approximate surface area is 136 Å². The quantitative estimate of drug-likeness (QED) is 0.723. The van der Waals surface area contributed by atoms with E-state index in [2.05, 4.69) is 10.2 Å². The predicted molar refractivity (Wildman–Crippen MR) is 85.5 cm³/mol. The summed E-state index contributed by atoms with van der Waals surface area (Å²) in [5.41, 5.74) is 0. The van der Waals surface area contributed by atoms with E-state index in [1.54, 1.807) is 11.8 Å². The third kappa shape index (κ3) is 2.73. The van der Waals surface area contributed by atoms with Crippen molar-refractivity contribution in [3.05, 3.63) is 47.0 Å². The number of ether oxygens (including phenoxy) is 1. The van der Waals surface area contributed by atoms with Crippen LogP contribution in [0.2, 0.25) is 0 Å². The van der Waals surface area contributed by atoms with Crippen molar-refractivity contribution in [2.45, 2.75) is 13.0 Å². The molecule has 1 aromatic carbocycles. The van der Waals surface area contributed by atoms with E-state index in [-0.39, 0.29) is 12.0 Å². The highest BCUT2D eigenvalue weighted by atomic mass is 32.1. The standard InChI is InChI=1S/C16H15N3O3S/c1-10-17-18-15(22-10)12-9-19(6-7-21-12)16(20)14-8-11-4-2-3-5-13(11)23-14/h2-5,8,12H,6-7,9H2,1H3. The topological polar surface area (TPSA) is 68.5 Å². The average Bonchev–Trinajstić information content (AvgIpc) is 3.20. The molecule has 0 radical (unpaired) electrons. The van der Waals surface area contributed by atoms with Crippen LogP contribution in [0.5, 0.6) is 0 Å². The van der Waals surface area contributed by atoms with Crippen LogP contribution in [0.1, 0.15) is 27.6 Å². The molecule has 1 saturated heterocycles. The highest BCUT2D eigenvalue weighted by Crippen LogP contribution is 2.28. The van der Waals surface area contributed by atoms with Gasteiger partial charge in [-0.05, 0) is 17.5 Å². The van der Waals surface area contributed by atoms with E-state index >= 15 is 0 Å². The Bertz CT molecular complexity index is 824. The number of nitrogens with zero attached hydrogens (tertiary/aromatic N) is 3. The number of thiophene rings is 1. The highest BCUT2D eigenvalue weighted by Gasteiger charge is 2.30. The summed E-state index contributed by atoms with van der Waals surface area (Å²) < 4.78 is 12.2. The van der Waals surface area contributed by atoms with Crippen molar-refractivity contribution in [2.75, 3.05) is 19.7 Å².